The summed E-state index contributed by atoms with van der Waals surface area (Å²) in [4.78, 5) is 87.8. The van der Waals surface area contributed by atoms with Crippen molar-refractivity contribution in [3.63, 3.8) is 0 Å². The van der Waals surface area contributed by atoms with E-state index in [0.717, 1.165) is 17.2 Å². The second-order valence-electron chi connectivity index (χ2n) is 13.1. The first kappa shape index (κ1) is 47.3. The number of Topliss-reactive ketones (excluding diaryl/α,β-unsaturated/α-hetero) is 1. The van der Waals surface area contributed by atoms with Crippen LogP contribution >= 0.6 is 35.2 Å². The third-order valence-corrected chi connectivity index (χ3v) is 12.1. The number of aromatic hydroxyl groups is 1. The summed E-state index contributed by atoms with van der Waals surface area (Å²) in [5, 5.41) is 35.7. The summed E-state index contributed by atoms with van der Waals surface area (Å²) in [5.41, 5.74) is 4.68. The van der Waals surface area contributed by atoms with Gasteiger partial charge in [0.05, 0.1) is 25.3 Å². The molecule has 0 saturated carbocycles. The minimum Gasteiger partial charge on any atom is -0.508 e. The third kappa shape index (κ3) is 13.6. The number of nitrogens with one attached hydrogen (secondary N) is 2. The Bertz CT molecular complexity index is 2070. The van der Waals surface area contributed by atoms with Gasteiger partial charge in [0.25, 0.3) is 0 Å². The second-order valence-corrected chi connectivity index (χ2v) is 18.4. The zero-order chi connectivity index (χ0) is 43.1. The van der Waals surface area contributed by atoms with Crippen molar-refractivity contribution in [3.8, 4) is 5.75 Å². The summed E-state index contributed by atoms with van der Waals surface area (Å²) >= 11 is 1.28. The van der Waals surface area contributed by atoms with Gasteiger partial charge in [-0.25, -0.2) is 28.6 Å². The van der Waals surface area contributed by atoms with Gasteiger partial charge in [0.15, 0.2) is 23.5 Å². The molecule has 4 rings (SSSR count). The van der Waals surface area contributed by atoms with Gasteiger partial charge in [-0.1, -0.05) is 13.8 Å². The Kier molecular flexibility index (Phi) is 16.1. The topological polar surface area (TPSA) is 384 Å². The Morgan fingerprint density at radius 3 is 2.36 bits per heavy atom. The van der Waals surface area contributed by atoms with Crippen LogP contribution < -0.4 is 16.4 Å². The molecule has 2 unspecified atom stereocenters. The molecule has 2 amide bonds. The van der Waals surface area contributed by atoms with Gasteiger partial charge >= 0.3 is 23.5 Å². The molecule has 0 radical (unpaired) electrons. The Hall–Kier alpha value is -3.42. The number of nitrogens with two attached hydrogens (primary N) is 1. The molecule has 1 saturated heterocycles. The maximum atomic E-state index is 12.7. The molecule has 0 spiro atoms. The highest BCUT2D eigenvalue weighted by molar-refractivity contribution is 8.00. The SMILES string of the molecule is CC(C)(COP(=O)(O)OP(=O)(O)OC[C@@H]1O[C@@H](n2cnc3c(N)ncnc32)[C@H](O)[C@H]1OP(=O)(O)O)[C@@H](O)C(=O)NCCC(=O)NCCSCC(=O)c1ccc(O)cc1. The van der Waals surface area contributed by atoms with Crippen molar-refractivity contribution in [1.29, 1.82) is 0 Å². The van der Waals surface area contributed by atoms with E-state index in [-0.39, 0.29) is 53.8 Å². The number of ether oxygens (including phenoxy) is 1. The van der Waals surface area contributed by atoms with Crippen LogP contribution in [0.15, 0.2) is 36.9 Å². The molecule has 0 bridgehead atoms. The van der Waals surface area contributed by atoms with Crippen molar-refractivity contribution in [2.45, 2.75) is 50.9 Å². The number of carbonyl (C=O) groups excluding carboxylic acids is 3. The monoisotopic (exact) mass is 901 g/mol. The average Bonchev–Trinajstić information content (AvgIpc) is 3.69. The maximum absolute atomic E-state index is 12.7. The number of hydrogen-bond donors (Lipinski definition) is 10. The summed E-state index contributed by atoms with van der Waals surface area (Å²) < 4.78 is 62.1. The number of phosphoric ester groups is 3. The summed E-state index contributed by atoms with van der Waals surface area (Å²) in [5.74, 6) is -1.02. The molecule has 1 aliphatic rings. The molecule has 3 heterocycles. The smallest absolute Gasteiger partial charge is 0.481 e. The molecule has 3 aromatic rings. The molecular formula is C29H42N7O18P3S. The lowest BCUT2D eigenvalue weighted by atomic mass is 9.87. The van der Waals surface area contributed by atoms with Gasteiger partial charge in [0, 0.05) is 36.2 Å². The van der Waals surface area contributed by atoms with E-state index in [2.05, 4.69) is 34.4 Å². The van der Waals surface area contributed by atoms with Gasteiger partial charge < -0.3 is 56.0 Å². The number of anilines is 1. The van der Waals surface area contributed by atoms with Crippen LogP contribution in [0.4, 0.5) is 5.82 Å². The highest BCUT2D eigenvalue weighted by Gasteiger charge is 2.50. The molecule has 322 valence electrons. The van der Waals surface area contributed by atoms with E-state index >= 15 is 0 Å². The number of carbonyl (C=O) groups is 3. The summed E-state index contributed by atoms with van der Waals surface area (Å²) in [6, 6.07) is 5.80. The van der Waals surface area contributed by atoms with E-state index in [4.69, 9.17) is 19.5 Å². The lowest BCUT2D eigenvalue weighted by Gasteiger charge is -2.30. The van der Waals surface area contributed by atoms with E-state index in [9.17, 15) is 63.0 Å². The van der Waals surface area contributed by atoms with Crippen LogP contribution in [0.25, 0.3) is 11.2 Å². The first-order valence-electron chi connectivity index (χ1n) is 16.8. The van der Waals surface area contributed by atoms with Crippen LogP contribution in [0.5, 0.6) is 5.75 Å². The van der Waals surface area contributed by atoms with Crippen LogP contribution in [0, 0.1) is 5.41 Å². The van der Waals surface area contributed by atoms with Gasteiger partial charge in [-0.15, -0.1) is 0 Å². The number of ketones is 1. The minimum atomic E-state index is -5.58. The highest BCUT2D eigenvalue weighted by atomic mass is 32.2. The van der Waals surface area contributed by atoms with E-state index in [1.807, 2.05) is 0 Å². The van der Waals surface area contributed by atoms with Crippen LogP contribution in [-0.2, 0) is 45.9 Å². The molecule has 0 aliphatic carbocycles. The van der Waals surface area contributed by atoms with Crippen LogP contribution in [0.3, 0.4) is 0 Å². The number of thioether (sulfide) groups is 1. The molecule has 1 fully saturated rings. The summed E-state index contributed by atoms with van der Waals surface area (Å²) in [6.45, 7) is 0.471. The number of aromatic nitrogens is 4. The number of aliphatic hydroxyl groups is 2. The predicted octanol–water partition coefficient (Wildman–Crippen LogP) is -0.273. The molecular weight excluding hydrogens is 859 g/mol. The molecule has 25 nitrogen and oxygen atoms in total. The van der Waals surface area contributed by atoms with E-state index < -0.39 is 84.6 Å². The van der Waals surface area contributed by atoms with Crippen molar-refractivity contribution >= 4 is 69.8 Å². The van der Waals surface area contributed by atoms with Gasteiger partial charge in [-0.2, -0.15) is 16.1 Å². The lowest BCUT2D eigenvalue weighted by molar-refractivity contribution is -0.137. The largest absolute Gasteiger partial charge is 0.508 e. The van der Waals surface area contributed by atoms with Crippen LogP contribution in [0.1, 0.15) is 36.9 Å². The fraction of sp³-hybridized carbons (Fsp3) is 0.517. The van der Waals surface area contributed by atoms with Gasteiger partial charge in [-0.3, -0.25) is 32.5 Å². The Balaban J connectivity index is 1.21. The predicted molar refractivity (Wildman–Crippen MR) is 199 cm³/mol. The maximum Gasteiger partial charge on any atom is 0.481 e. The number of nitrogens with zero attached hydrogens (tertiary/aromatic N) is 4. The Labute approximate surface area is 333 Å². The second kappa shape index (κ2) is 19.8. The fourth-order valence-corrected chi connectivity index (χ4v) is 8.67. The summed E-state index contributed by atoms with van der Waals surface area (Å²) in [7, 11) is -16.4. The molecule has 1 aliphatic heterocycles. The first-order valence-corrected chi connectivity index (χ1v) is 22.4. The third-order valence-electron chi connectivity index (χ3n) is 8.07. The van der Waals surface area contributed by atoms with Gasteiger partial charge in [-0.05, 0) is 24.3 Å². The lowest BCUT2D eigenvalue weighted by Crippen LogP contribution is -2.46. The first-order chi connectivity index (χ1) is 27.0. The number of phenolic OH excluding ortho intramolecular Hbond substituents is 1. The zero-order valence-electron chi connectivity index (χ0n) is 30.5. The van der Waals surface area contributed by atoms with Crippen molar-refractivity contribution < 1.29 is 85.6 Å². The zero-order valence-corrected chi connectivity index (χ0v) is 34.0. The van der Waals surface area contributed by atoms with E-state index in [1.54, 1.807) is 0 Å². The normalized spacial score (nSPS) is 21.2. The highest BCUT2D eigenvalue weighted by Crippen LogP contribution is 2.61. The molecule has 1 aromatic carbocycles. The molecule has 7 atom stereocenters. The molecule has 2 aromatic heterocycles. The molecule has 11 N–H and O–H groups in total. The number of phenols is 1. The fourth-order valence-electron chi connectivity index (χ4n) is 5.10. The minimum absolute atomic E-state index is 0.0259. The Morgan fingerprint density at radius 2 is 1.69 bits per heavy atom. The number of nitrogen functional groups attached to an aromatic ring is 1. The van der Waals surface area contributed by atoms with Crippen LogP contribution in [0.2, 0.25) is 0 Å². The van der Waals surface area contributed by atoms with Crippen molar-refractivity contribution in [2.75, 3.05) is 43.5 Å². The number of phosphoric acid groups is 3. The average molecular weight is 902 g/mol. The number of rotatable bonds is 22. The number of fused-ring (bicyclic) bond motifs is 1. The van der Waals surface area contributed by atoms with Crippen LogP contribution in [-0.4, -0.2) is 134 Å². The Morgan fingerprint density at radius 1 is 1.02 bits per heavy atom. The number of imidazole rings is 1. The van der Waals surface area contributed by atoms with E-state index in [1.165, 1.54) is 49.9 Å². The van der Waals surface area contributed by atoms with E-state index in [0.29, 0.717) is 11.3 Å². The quantitative estimate of drug-likeness (QED) is 0.0352. The summed E-state index contributed by atoms with van der Waals surface area (Å²) in [6.07, 6.45) is -6.97. The molecule has 58 heavy (non-hydrogen) atoms. The number of amides is 2. The van der Waals surface area contributed by atoms with Gasteiger partial charge in [0.1, 0.15) is 42.0 Å². The van der Waals surface area contributed by atoms with Crippen molar-refractivity contribution in [1.82, 2.24) is 30.2 Å². The number of aliphatic hydroxyl groups excluding tert-OH is 2. The standard InChI is InChI=1S/C29H42N7O18P3S/c1-29(2,24(41)27(42)32-8-7-20(39)31-9-10-58-12-18(38)16-3-5-17(37)6-4-16)13-51-57(48,49)54-56(46,47)50-11-19-23(53-55(43,44)45)22(40)28(52-19)36-15-35-21-25(30)33-14-34-26(21)36/h3-6,14-15,19,22-24,28,37,40-41H,7-13H2,1-2H3,(H,31,39)(H,32,42)(H,46,47)(H,48,49)(H2,30,33,34)(H2,43,44,45)/t19-,22+,23-,24-,28+/m0/s1. The van der Waals surface area contributed by atoms with Gasteiger partial charge in [0.2, 0.25) is 11.8 Å². The molecule has 29 heteroatoms. The van der Waals surface area contributed by atoms with Crippen molar-refractivity contribution in [2.24, 2.45) is 5.41 Å². The van der Waals surface area contributed by atoms with Crippen molar-refractivity contribution in [3.05, 3.63) is 42.5 Å². The number of benzene rings is 1. The number of hydrogen-bond acceptors (Lipinski definition) is 19.